The Kier molecular flexibility index (Phi) is 8.53. The number of carbonyl (C=O) groups excluding carboxylic acids is 3. The number of methoxy groups -OCH3 is 1. The van der Waals surface area contributed by atoms with Crippen molar-refractivity contribution in [3.05, 3.63) is 65.7 Å². The van der Waals surface area contributed by atoms with Gasteiger partial charge in [-0.15, -0.1) is 0 Å². The smallest absolute Gasteiger partial charge is 0.254 e. The summed E-state index contributed by atoms with van der Waals surface area (Å²) >= 11 is 0. The maximum atomic E-state index is 13.6. The fraction of sp³-hybridized carbons (Fsp3) is 0.464. The number of anilines is 1. The van der Waals surface area contributed by atoms with E-state index in [0.717, 1.165) is 5.56 Å². The summed E-state index contributed by atoms with van der Waals surface area (Å²) in [6.07, 6.45) is 0.392. The summed E-state index contributed by atoms with van der Waals surface area (Å²) in [6.45, 7) is 8.26. The highest BCUT2D eigenvalue weighted by Crippen LogP contribution is 2.46. The molecule has 0 aliphatic carbocycles. The van der Waals surface area contributed by atoms with Gasteiger partial charge in [-0.2, -0.15) is 0 Å². The SMILES string of the molecule is COCC(=O)Nc1ccccc1C(=O)N[C@@H](C(=O)N1CC[C@](O)(c2ccccc2)C(C)(C)C1)C(C)C. The van der Waals surface area contributed by atoms with Crippen molar-refractivity contribution < 1.29 is 24.2 Å². The quantitative estimate of drug-likeness (QED) is 0.521. The Hall–Kier alpha value is -3.23. The molecular formula is C28H37N3O5. The molecule has 3 N–H and O–H groups in total. The van der Waals surface area contributed by atoms with E-state index in [1.165, 1.54) is 7.11 Å². The Morgan fingerprint density at radius 1 is 1.06 bits per heavy atom. The summed E-state index contributed by atoms with van der Waals surface area (Å²) in [4.78, 5) is 40.6. The summed E-state index contributed by atoms with van der Waals surface area (Å²) < 4.78 is 4.85. The van der Waals surface area contributed by atoms with E-state index in [2.05, 4.69) is 10.6 Å². The van der Waals surface area contributed by atoms with Crippen LogP contribution >= 0.6 is 0 Å². The van der Waals surface area contributed by atoms with Gasteiger partial charge in [0.25, 0.3) is 5.91 Å². The number of hydrogen-bond donors (Lipinski definition) is 3. The van der Waals surface area contributed by atoms with E-state index in [0.29, 0.717) is 25.2 Å². The van der Waals surface area contributed by atoms with Crippen molar-refractivity contribution in [3.8, 4) is 0 Å². The molecule has 1 heterocycles. The third kappa shape index (κ3) is 5.77. The second-order valence-corrected chi connectivity index (χ2v) is 10.3. The predicted molar refractivity (Wildman–Crippen MR) is 138 cm³/mol. The average molecular weight is 496 g/mol. The minimum atomic E-state index is -1.07. The minimum absolute atomic E-state index is 0.136. The second-order valence-electron chi connectivity index (χ2n) is 10.3. The first-order chi connectivity index (χ1) is 17.0. The molecule has 194 valence electrons. The van der Waals surface area contributed by atoms with E-state index in [1.54, 1.807) is 29.2 Å². The average Bonchev–Trinajstić information content (AvgIpc) is 2.84. The number of hydrogen-bond acceptors (Lipinski definition) is 5. The van der Waals surface area contributed by atoms with Crippen LogP contribution in [0.15, 0.2) is 54.6 Å². The summed E-state index contributed by atoms with van der Waals surface area (Å²) in [5.41, 5.74) is -0.229. The number of nitrogens with zero attached hydrogens (tertiary/aromatic N) is 1. The fourth-order valence-corrected chi connectivity index (χ4v) is 4.80. The van der Waals surface area contributed by atoms with Gasteiger partial charge in [-0.1, -0.05) is 70.2 Å². The maximum Gasteiger partial charge on any atom is 0.254 e. The molecule has 0 spiro atoms. The normalized spacial score (nSPS) is 20.0. The molecule has 1 saturated heterocycles. The van der Waals surface area contributed by atoms with Gasteiger partial charge in [-0.25, -0.2) is 0 Å². The zero-order chi connectivity index (χ0) is 26.5. The van der Waals surface area contributed by atoms with Crippen LogP contribution in [0.3, 0.4) is 0 Å². The number of aliphatic hydroxyl groups is 1. The third-order valence-electron chi connectivity index (χ3n) is 6.95. The van der Waals surface area contributed by atoms with Crippen LogP contribution in [0.25, 0.3) is 0 Å². The third-order valence-corrected chi connectivity index (χ3v) is 6.95. The van der Waals surface area contributed by atoms with E-state index >= 15 is 0 Å². The molecule has 3 rings (SSSR count). The number of benzene rings is 2. The van der Waals surface area contributed by atoms with Gasteiger partial charge in [0.2, 0.25) is 11.8 Å². The van der Waals surface area contributed by atoms with E-state index in [4.69, 9.17) is 4.74 Å². The van der Waals surface area contributed by atoms with Gasteiger partial charge in [0, 0.05) is 25.6 Å². The molecule has 0 aromatic heterocycles. The molecule has 0 saturated carbocycles. The zero-order valence-electron chi connectivity index (χ0n) is 21.7. The predicted octanol–water partition coefficient (Wildman–Crippen LogP) is 3.17. The molecule has 2 aromatic rings. The lowest BCUT2D eigenvalue weighted by atomic mass is 9.66. The maximum absolute atomic E-state index is 13.6. The van der Waals surface area contributed by atoms with Crippen LogP contribution in [0.4, 0.5) is 5.69 Å². The number of carbonyl (C=O) groups is 3. The summed E-state index contributed by atoms with van der Waals surface area (Å²) in [5.74, 6) is -1.19. The van der Waals surface area contributed by atoms with Gasteiger partial charge in [-0.3, -0.25) is 14.4 Å². The Labute approximate surface area is 213 Å². The van der Waals surface area contributed by atoms with Crippen molar-refractivity contribution in [1.82, 2.24) is 10.2 Å². The van der Waals surface area contributed by atoms with E-state index in [-0.39, 0.29) is 29.9 Å². The van der Waals surface area contributed by atoms with E-state index < -0.39 is 23.0 Å². The Balaban J connectivity index is 1.77. The topological polar surface area (TPSA) is 108 Å². The molecular weight excluding hydrogens is 458 g/mol. The van der Waals surface area contributed by atoms with Gasteiger partial charge in [0.15, 0.2) is 0 Å². The highest BCUT2D eigenvalue weighted by atomic mass is 16.5. The van der Waals surface area contributed by atoms with Crippen LogP contribution in [0, 0.1) is 11.3 Å². The van der Waals surface area contributed by atoms with Crippen molar-refractivity contribution in [3.63, 3.8) is 0 Å². The van der Waals surface area contributed by atoms with Gasteiger partial charge in [-0.05, 0) is 30.0 Å². The van der Waals surface area contributed by atoms with Crippen molar-refractivity contribution in [2.24, 2.45) is 11.3 Å². The molecule has 3 amide bonds. The Morgan fingerprint density at radius 2 is 1.69 bits per heavy atom. The zero-order valence-corrected chi connectivity index (χ0v) is 21.7. The van der Waals surface area contributed by atoms with Crippen LogP contribution in [0.5, 0.6) is 0 Å². The van der Waals surface area contributed by atoms with Crippen molar-refractivity contribution >= 4 is 23.4 Å². The highest BCUT2D eigenvalue weighted by molar-refractivity contribution is 6.05. The number of nitrogens with one attached hydrogen (secondary N) is 2. The number of amides is 3. The highest BCUT2D eigenvalue weighted by Gasteiger charge is 2.50. The first-order valence-electron chi connectivity index (χ1n) is 12.3. The molecule has 2 aromatic carbocycles. The molecule has 2 atom stereocenters. The van der Waals surface area contributed by atoms with Gasteiger partial charge < -0.3 is 25.4 Å². The molecule has 1 aliphatic rings. The van der Waals surface area contributed by atoms with Crippen molar-refractivity contribution in [2.45, 2.75) is 45.8 Å². The summed E-state index contributed by atoms with van der Waals surface area (Å²) in [7, 11) is 1.42. The molecule has 8 heteroatoms. The first kappa shape index (κ1) is 27.4. The van der Waals surface area contributed by atoms with Crippen molar-refractivity contribution in [2.75, 3.05) is 32.1 Å². The standard InChI is InChI=1S/C28H37N3O5/c1-19(2)24(30-25(33)21-13-9-10-14-22(21)29-23(32)17-36-5)26(34)31-16-15-28(35,27(3,4)18-31)20-11-7-6-8-12-20/h6-14,19,24,35H,15-18H2,1-5H3,(H,29,32)(H,30,33)/t24-,28+/m1/s1. The Bertz CT molecular complexity index is 1090. The van der Waals surface area contributed by atoms with Crippen LogP contribution in [0.1, 0.15) is 50.0 Å². The van der Waals surface area contributed by atoms with Crippen LogP contribution in [0.2, 0.25) is 0 Å². The minimum Gasteiger partial charge on any atom is -0.384 e. The van der Waals surface area contributed by atoms with Crippen LogP contribution < -0.4 is 10.6 Å². The van der Waals surface area contributed by atoms with Crippen LogP contribution in [-0.2, 0) is 19.9 Å². The number of piperidine rings is 1. The number of likely N-dealkylation sites (tertiary alicyclic amines) is 1. The number of para-hydroxylation sites is 1. The lowest BCUT2D eigenvalue weighted by molar-refractivity contribution is -0.155. The van der Waals surface area contributed by atoms with E-state index in [1.807, 2.05) is 58.0 Å². The number of ether oxygens (including phenoxy) is 1. The van der Waals surface area contributed by atoms with Gasteiger partial charge >= 0.3 is 0 Å². The molecule has 1 fully saturated rings. The lowest BCUT2D eigenvalue weighted by Gasteiger charge is -2.51. The molecule has 0 unspecified atom stereocenters. The molecule has 36 heavy (non-hydrogen) atoms. The second kappa shape index (κ2) is 11.2. The van der Waals surface area contributed by atoms with Crippen molar-refractivity contribution in [1.29, 1.82) is 0 Å². The number of rotatable bonds is 8. The fourth-order valence-electron chi connectivity index (χ4n) is 4.80. The molecule has 0 bridgehead atoms. The summed E-state index contributed by atoms with van der Waals surface area (Å²) in [6, 6.07) is 15.4. The van der Waals surface area contributed by atoms with Gasteiger partial charge in [0.05, 0.1) is 16.9 Å². The van der Waals surface area contributed by atoms with Crippen LogP contribution in [-0.4, -0.2) is 60.6 Å². The Morgan fingerprint density at radius 3 is 2.31 bits per heavy atom. The monoisotopic (exact) mass is 495 g/mol. The largest absolute Gasteiger partial charge is 0.384 e. The molecule has 8 nitrogen and oxygen atoms in total. The van der Waals surface area contributed by atoms with Gasteiger partial charge in [0.1, 0.15) is 12.6 Å². The lowest BCUT2D eigenvalue weighted by Crippen LogP contribution is -2.60. The van der Waals surface area contributed by atoms with E-state index in [9.17, 15) is 19.5 Å². The molecule has 0 radical (unpaired) electrons. The molecule has 1 aliphatic heterocycles. The summed E-state index contributed by atoms with van der Waals surface area (Å²) in [5, 5.41) is 17.2. The first-order valence-corrected chi connectivity index (χ1v) is 12.3.